The van der Waals surface area contributed by atoms with Crippen molar-refractivity contribution in [2.45, 2.75) is 6.61 Å². The van der Waals surface area contributed by atoms with Crippen LogP contribution in [0.15, 0.2) is 36.4 Å². The number of hydrogen-bond donors (Lipinski definition) is 0. The van der Waals surface area contributed by atoms with Crippen LogP contribution >= 0.6 is 0 Å². The summed E-state index contributed by atoms with van der Waals surface area (Å²) in [6, 6.07) is 14.6. The topological polar surface area (TPSA) is 36.9 Å². The van der Waals surface area contributed by atoms with Crippen LogP contribution in [0.5, 0.6) is 23.0 Å². The summed E-state index contributed by atoms with van der Waals surface area (Å²) in [4.78, 5) is 0. The molecule has 0 aromatic heterocycles. The van der Waals surface area contributed by atoms with E-state index in [0.717, 1.165) is 5.56 Å². The second-order valence-electron chi connectivity index (χ2n) is 4.04. The summed E-state index contributed by atoms with van der Waals surface area (Å²) >= 11 is 0. The highest BCUT2D eigenvalue weighted by Crippen LogP contribution is 2.40. The lowest BCUT2D eigenvalue weighted by molar-refractivity contribution is 0.290. The molecule has 105 valence electrons. The third kappa shape index (κ3) is 3.15. The molecule has 0 aliphatic carbocycles. The van der Waals surface area contributed by atoms with Crippen molar-refractivity contribution in [1.29, 1.82) is 0 Å². The van der Waals surface area contributed by atoms with Gasteiger partial charge in [-0.2, -0.15) is 0 Å². The zero-order valence-electron chi connectivity index (χ0n) is 11.8. The Kier molecular flexibility index (Phi) is 4.71. The van der Waals surface area contributed by atoms with Crippen LogP contribution < -0.4 is 18.9 Å². The van der Waals surface area contributed by atoms with Crippen molar-refractivity contribution in [3.05, 3.63) is 48.0 Å². The molecule has 0 atom stereocenters. The van der Waals surface area contributed by atoms with Gasteiger partial charge >= 0.3 is 0 Å². The molecule has 4 nitrogen and oxygen atoms in total. The lowest BCUT2D eigenvalue weighted by Crippen LogP contribution is -1.99. The van der Waals surface area contributed by atoms with Gasteiger partial charge < -0.3 is 18.9 Å². The second kappa shape index (κ2) is 6.70. The van der Waals surface area contributed by atoms with Gasteiger partial charge in [-0.3, -0.25) is 0 Å². The molecule has 0 N–H and O–H groups in total. The van der Waals surface area contributed by atoms with Crippen LogP contribution in [-0.4, -0.2) is 21.3 Å². The van der Waals surface area contributed by atoms with Crippen LogP contribution in [-0.2, 0) is 6.61 Å². The maximum absolute atomic E-state index is 5.71. The zero-order chi connectivity index (χ0) is 14.4. The molecule has 2 aromatic carbocycles. The van der Waals surface area contributed by atoms with Crippen LogP contribution in [0.3, 0.4) is 0 Å². The highest BCUT2D eigenvalue weighted by atomic mass is 16.5. The Morgan fingerprint density at radius 2 is 1.70 bits per heavy atom. The highest BCUT2D eigenvalue weighted by Gasteiger charge is 2.14. The molecule has 0 saturated heterocycles. The lowest BCUT2D eigenvalue weighted by Gasteiger charge is -2.14. The maximum Gasteiger partial charge on any atom is 0.204 e. The third-order valence-electron chi connectivity index (χ3n) is 2.79. The first-order valence-electron chi connectivity index (χ1n) is 6.17. The lowest BCUT2D eigenvalue weighted by atomic mass is 10.2. The van der Waals surface area contributed by atoms with E-state index in [2.05, 4.69) is 6.07 Å². The minimum Gasteiger partial charge on any atom is -0.493 e. The predicted molar refractivity (Wildman–Crippen MR) is 75.7 cm³/mol. The molecule has 4 heteroatoms. The SMILES string of the molecule is COc1[c]c(OCc2ccccc2)cc(OC)c1OC. The Morgan fingerprint density at radius 3 is 2.30 bits per heavy atom. The monoisotopic (exact) mass is 273 g/mol. The summed E-state index contributed by atoms with van der Waals surface area (Å²) in [7, 11) is 4.67. The Balaban J connectivity index is 2.19. The third-order valence-corrected chi connectivity index (χ3v) is 2.79. The molecule has 2 rings (SSSR count). The fraction of sp³-hybridized carbons (Fsp3) is 0.250. The molecule has 1 radical (unpaired) electrons. The van der Waals surface area contributed by atoms with Crippen molar-refractivity contribution in [3.8, 4) is 23.0 Å². The molecule has 0 saturated carbocycles. The summed E-state index contributed by atoms with van der Waals surface area (Å²) in [6.45, 7) is 0.454. The van der Waals surface area contributed by atoms with Gasteiger partial charge in [0, 0.05) is 6.07 Å². The van der Waals surface area contributed by atoms with Crippen molar-refractivity contribution >= 4 is 0 Å². The van der Waals surface area contributed by atoms with E-state index < -0.39 is 0 Å². The van der Waals surface area contributed by atoms with Crippen LogP contribution in [0.2, 0.25) is 0 Å². The summed E-state index contributed by atoms with van der Waals surface area (Å²) in [6.07, 6.45) is 0. The Morgan fingerprint density at radius 1 is 0.950 bits per heavy atom. The average molecular weight is 273 g/mol. The standard InChI is InChI=1S/C16H17O4/c1-17-14-9-13(10-15(18-2)16(14)19-3)20-11-12-7-5-4-6-8-12/h4-9H,11H2,1-3H3. The van der Waals surface area contributed by atoms with Gasteiger partial charge in [0.2, 0.25) is 5.75 Å². The number of benzene rings is 2. The number of hydrogen-bond acceptors (Lipinski definition) is 4. The summed E-state index contributed by atoms with van der Waals surface area (Å²) in [5.41, 5.74) is 1.08. The van der Waals surface area contributed by atoms with Crippen molar-refractivity contribution in [2.24, 2.45) is 0 Å². The van der Waals surface area contributed by atoms with Crippen LogP contribution in [0.4, 0.5) is 0 Å². The summed E-state index contributed by atoms with van der Waals surface area (Å²) < 4.78 is 21.4. The Labute approximate surface area is 118 Å². The van der Waals surface area contributed by atoms with E-state index in [1.165, 1.54) is 0 Å². The first-order valence-corrected chi connectivity index (χ1v) is 6.17. The maximum atomic E-state index is 5.71. The fourth-order valence-electron chi connectivity index (χ4n) is 1.80. The number of rotatable bonds is 6. The normalized spacial score (nSPS) is 9.95. The molecular formula is C16H17O4. The first-order chi connectivity index (χ1) is 9.78. The molecule has 2 aromatic rings. The summed E-state index contributed by atoms with van der Waals surface area (Å²) in [5, 5.41) is 0. The van der Waals surface area contributed by atoms with E-state index in [1.807, 2.05) is 30.3 Å². The molecule has 0 fully saturated rings. The van der Waals surface area contributed by atoms with Crippen LogP contribution in [0.1, 0.15) is 5.56 Å². The van der Waals surface area contributed by atoms with Crippen molar-refractivity contribution < 1.29 is 18.9 Å². The van der Waals surface area contributed by atoms with Gasteiger partial charge in [0.15, 0.2) is 11.5 Å². The Hall–Kier alpha value is -2.36. The molecule has 0 amide bonds. The minimum atomic E-state index is 0.454. The van der Waals surface area contributed by atoms with E-state index in [1.54, 1.807) is 27.4 Å². The Bertz CT molecular complexity index is 527. The van der Waals surface area contributed by atoms with E-state index in [-0.39, 0.29) is 0 Å². The van der Waals surface area contributed by atoms with Gasteiger partial charge in [0.1, 0.15) is 12.4 Å². The second-order valence-corrected chi connectivity index (χ2v) is 4.04. The molecule has 0 unspecified atom stereocenters. The number of ether oxygens (including phenoxy) is 4. The van der Waals surface area contributed by atoms with E-state index in [4.69, 9.17) is 18.9 Å². The van der Waals surface area contributed by atoms with E-state index in [9.17, 15) is 0 Å². The van der Waals surface area contributed by atoms with Crippen LogP contribution in [0.25, 0.3) is 0 Å². The summed E-state index contributed by atoms with van der Waals surface area (Å²) in [5.74, 6) is 2.05. The molecule has 20 heavy (non-hydrogen) atoms. The van der Waals surface area contributed by atoms with Gasteiger partial charge in [-0.1, -0.05) is 30.3 Å². The van der Waals surface area contributed by atoms with E-state index >= 15 is 0 Å². The van der Waals surface area contributed by atoms with Crippen LogP contribution in [0, 0.1) is 6.07 Å². The van der Waals surface area contributed by atoms with E-state index in [0.29, 0.717) is 29.6 Å². The largest absolute Gasteiger partial charge is 0.493 e. The molecular weight excluding hydrogens is 256 g/mol. The quantitative estimate of drug-likeness (QED) is 0.810. The zero-order valence-corrected chi connectivity index (χ0v) is 11.8. The van der Waals surface area contributed by atoms with Crippen molar-refractivity contribution in [3.63, 3.8) is 0 Å². The fourth-order valence-corrected chi connectivity index (χ4v) is 1.80. The van der Waals surface area contributed by atoms with Gasteiger partial charge in [-0.15, -0.1) is 0 Å². The smallest absolute Gasteiger partial charge is 0.204 e. The van der Waals surface area contributed by atoms with Gasteiger partial charge in [-0.25, -0.2) is 0 Å². The van der Waals surface area contributed by atoms with Gasteiger partial charge in [0.05, 0.1) is 27.4 Å². The number of methoxy groups -OCH3 is 3. The highest BCUT2D eigenvalue weighted by molar-refractivity contribution is 5.55. The first kappa shape index (κ1) is 14.1. The minimum absolute atomic E-state index is 0.454. The molecule has 0 heterocycles. The van der Waals surface area contributed by atoms with Crippen molar-refractivity contribution in [2.75, 3.05) is 21.3 Å². The van der Waals surface area contributed by atoms with Gasteiger partial charge in [0.25, 0.3) is 0 Å². The molecule has 0 aliphatic heterocycles. The molecule has 0 aliphatic rings. The molecule has 0 spiro atoms. The van der Waals surface area contributed by atoms with Crippen molar-refractivity contribution in [1.82, 2.24) is 0 Å². The molecule has 0 bridgehead atoms. The van der Waals surface area contributed by atoms with Gasteiger partial charge in [-0.05, 0) is 5.56 Å². The predicted octanol–water partition coefficient (Wildman–Crippen LogP) is 3.09. The average Bonchev–Trinajstić information content (AvgIpc) is 2.52.